The summed E-state index contributed by atoms with van der Waals surface area (Å²) in [6.45, 7) is 1.40. The van der Waals surface area contributed by atoms with E-state index in [-0.39, 0.29) is 5.91 Å². The summed E-state index contributed by atoms with van der Waals surface area (Å²) in [5.41, 5.74) is 1.19. The van der Waals surface area contributed by atoms with Gasteiger partial charge in [0.15, 0.2) is 0 Å². The van der Waals surface area contributed by atoms with Gasteiger partial charge in [-0.05, 0) is 23.8 Å². The van der Waals surface area contributed by atoms with Gasteiger partial charge < -0.3 is 19.1 Å². The molecule has 0 radical (unpaired) electrons. The molecule has 0 aliphatic carbocycles. The zero-order valence-electron chi connectivity index (χ0n) is 13.9. The number of anilines is 1. The van der Waals surface area contributed by atoms with Crippen molar-refractivity contribution in [2.45, 2.75) is 18.9 Å². The summed E-state index contributed by atoms with van der Waals surface area (Å²) in [6.07, 6.45) is 2.67. The first-order chi connectivity index (χ1) is 11.4. The summed E-state index contributed by atoms with van der Waals surface area (Å²) in [5, 5.41) is 0. The van der Waals surface area contributed by atoms with Crippen LogP contribution in [-0.2, 0) is 23.9 Å². The maximum Gasteiger partial charge on any atom is 0.330 e. The molecule has 24 heavy (non-hydrogen) atoms. The highest BCUT2D eigenvalue weighted by Crippen LogP contribution is 2.44. The molecule has 128 valence electrons. The first-order valence-electron chi connectivity index (χ1n) is 7.26. The van der Waals surface area contributed by atoms with Crippen molar-refractivity contribution in [3.8, 4) is 5.75 Å². The van der Waals surface area contributed by atoms with E-state index in [1.54, 1.807) is 18.2 Å². The molecule has 0 bridgehead atoms. The second-order valence-electron chi connectivity index (χ2n) is 5.19. The van der Waals surface area contributed by atoms with Crippen LogP contribution >= 0.6 is 0 Å². The van der Waals surface area contributed by atoms with E-state index < -0.39 is 23.9 Å². The van der Waals surface area contributed by atoms with Crippen LogP contribution in [0.1, 0.15) is 18.4 Å². The third-order valence-corrected chi connectivity index (χ3v) is 3.89. The molecule has 7 heteroatoms. The van der Waals surface area contributed by atoms with Crippen LogP contribution in [0.3, 0.4) is 0 Å². The predicted octanol–water partition coefficient (Wildman–Crippen LogP) is 1.42. The van der Waals surface area contributed by atoms with E-state index in [1.807, 2.05) is 0 Å². The number of hydrogen-bond acceptors (Lipinski definition) is 6. The fraction of sp³-hybridized carbons (Fsp3) is 0.353. The molecule has 1 aliphatic rings. The van der Waals surface area contributed by atoms with Crippen LogP contribution < -0.4 is 9.64 Å². The number of rotatable bonds is 4. The largest absolute Gasteiger partial charge is 0.497 e. The predicted molar refractivity (Wildman–Crippen MR) is 85.9 cm³/mol. The second kappa shape index (κ2) is 7.16. The minimum atomic E-state index is -0.759. The smallest absolute Gasteiger partial charge is 0.330 e. The Kier molecular flexibility index (Phi) is 5.23. The normalized spacial score (nSPS) is 19.1. The van der Waals surface area contributed by atoms with Crippen molar-refractivity contribution in [3.05, 3.63) is 35.9 Å². The van der Waals surface area contributed by atoms with E-state index in [1.165, 1.54) is 45.3 Å². The number of ether oxygens (including phenoxy) is 3. The average molecular weight is 333 g/mol. The van der Waals surface area contributed by atoms with Gasteiger partial charge in [0.05, 0.1) is 27.4 Å². The van der Waals surface area contributed by atoms with Crippen molar-refractivity contribution in [3.63, 3.8) is 0 Å². The van der Waals surface area contributed by atoms with Crippen molar-refractivity contribution in [2.24, 2.45) is 0 Å². The Balaban J connectivity index is 2.57. The van der Waals surface area contributed by atoms with Crippen LogP contribution in [0.15, 0.2) is 30.4 Å². The van der Waals surface area contributed by atoms with Gasteiger partial charge in [0, 0.05) is 18.7 Å². The molecule has 1 aromatic carbocycles. The third kappa shape index (κ3) is 3.10. The van der Waals surface area contributed by atoms with E-state index in [2.05, 4.69) is 4.74 Å². The molecule has 0 saturated heterocycles. The molecule has 1 aliphatic heterocycles. The summed E-state index contributed by atoms with van der Waals surface area (Å²) in [6, 6.07) is 4.42. The number of carbonyl (C=O) groups is 3. The molecule has 1 aromatic rings. The molecule has 0 aromatic heterocycles. The number of amides is 1. The Hall–Kier alpha value is -2.83. The Bertz CT molecular complexity index is 696. The zero-order valence-corrected chi connectivity index (χ0v) is 13.9. The third-order valence-electron chi connectivity index (χ3n) is 3.89. The number of methoxy groups -OCH3 is 3. The fourth-order valence-electron chi connectivity index (χ4n) is 2.84. The summed E-state index contributed by atoms with van der Waals surface area (Å²) < 4.78 is 14.7. The van der Waals surface area contributed by atoms with Crippen LogP contribution in [-0.4, -0.2) is 45.2 Å². The SMILES string of the molecule is COC(=O)/C=C/C1C(C(=O)OC)c2cc(OC)ccc2N1C(C)=O. The van der Waals surface area contributed by atoms with E-state index in [9.17, 15) is 14.4 Å². The molecule has 7 nitrogen and oxygen atoms in total. The standard InChI is InChI=1S/C17H19NO6/c1-10(19)18-13-6-5-11(22-2)9-12(13)16(17(21)24-4)14(18)7-8-15(20)23-3/h5-9,14,16H,1-4H3/b8-7+. The molecule has 0 spiro atoms. The number of benzene rings is 1. The lowest BCUT2D eigenvalue weighted by molar-refractivity contribution is -0.142. The lowest BCUT2D eigenvalue weighted by Gasteiger charge is -2.24. The molecule has 0 fully saturated rings. The average Bonchev–Trinajstić information content (AvgIpc) is 2.91. The van der Waals surface area contributed by atoms with E-state index in [0.29, 0.717) is 17.0 Å². The summed E-state index contributed by atoms with van der Waals surface area (Å²) in [4.78, 5) is 37.3. The Morgan fingerprint density at radius 2 is 1.83 bits per heavy atom. The molecule has 1 heterocycles. The number of esters is 2. The van der Waals surface area contributed by atoms with Crippen molar-refractivity contribution in [2.75, 3.05) is 26.2 Å². The van der Waals surface area contributed by atoms with Gasteiger partial charge in [-0.2, -0.15) is 0 Å². The lowest BCUT2D eigenvalue weighted by Crippen LogP contribution is -2.38. The number of nitrogens with zero attached hydrogens (tertiary/aromatic N) is 1. The molecule has 0 N–H and O–H groups in total. The van der Waals surface area contributed by atoms with Gasteiger partial charge in [0.2, 0.25) is 5.91 Å². The minimum absolute atomic E-state index is 0.257. The van der Waals surface area contributed by atoms with Crippen molar-refractivity contribution >= 4 is 23.5 Å². The Morgan fingerprint density at radius 3 is 2.38 bits per heavy atom. The number of hydrogen-bond donors (Lipinski definition) is 0. The monoisotopic (exact) mass is 333 g/mol. The van der Waals surface area contributed by atoms with Gasteiger partial charge in [-0.1, -0.05) is 6.08 Å². The van der Waals surface area contributed by atoms with E-state index in [0.717, 1.165) is 0 Å². The maximum absolute atomic E-state index is 12.3. The summed E-state index contributed by atoms with van der Waals surface area (Å²) >= 11 is 0. The lowest BCUT2D eigenvalue weighted by atomic mass is 9.94. The van der Waals surface area contributed by atoms with Gasteiger partial charge in [-0.25, -0.2) is 4.79 Å². The molecule has 1 amide bonds. The molecule has 2 rings (SSSR count). The van der Waals surface area contributed by atoms with E-state index in [4.69, 9.17) is 9.47 Å². The van der Waals surface area contributed by atoms with Crippen LogP contribution in [0.5, 0.6) is 5.75 Å². The van der Waals surface area contributed by atoms with Crippen LogP contribution in [0, 0.1) is 0 Å². The second-order valence-corrected chi connectivity index (χ2v) is 5.19. The summed E-state index contributed by atoms with van der Waals surface area (Å²) in [5.74, 6) is -1.54. The van der Waals surface area contributed by atoms with Crippen molar-refractivity contribution in [1.29, 1.82) is 0 Å². The van der Waals surface area contributed by atoms with Gasteiger partial charge >= 0.3 is 11.9 Å². The van der Waals surface area contributed by atoms with Crippen LogP contribution in [0.25, 0.3) is 0 Å². The fourth-order valence-corrected chi connectivity index (χ4v) is 2.84. The minimum Gasteiger partial charge on any atom is -0.497 e. The highest BCUT2D eigenvalue weighted by molar-refractivity contribution is 6.00. The van der Waals surface area contributed by atoms with Gasteiger partial charge in [0.25, 0.3) is 0 Å². The first-order valence-corrected chi connectivity index (χ1v) is 7.26. The van der Waals surface area contributed by atoms with Gasteiger partial charge in [-0.3, -0.25) is 9.59 Å². The topological polar surface area (TPSA) is 82.1 Å². The molecular weight excluding hydrogens is 314 g/mol. The highest BCUT2D eigenvalue weighted by atomic mass is 16.5. The highest BCUT2D eigenvalue weighted by Gasteiger charge is 2.44. The zero-order chi connectivity index (χ0) is 17.9. The molecular formula is C17H19NO6. The van der Waals surface area contributed by atoms with Gasteiger partial charge in [0.1, 0.15) is 11.7 Å². The number of fused-ring (bicyclic) bond motifs is 1. The number of carbonyl (C=O) groups excluding carboxylic acids is 3. The van der Waals surface area contributed by atoms with Crippen molar-refractivity contribution in [1.82, 2.24) is 0 Å². The van der Waals surface area contributed by atoms with Crippen molar-refractivity contribution < 1.29 is 28.6 Å². The molecule has 0 saturated carbocycles. The Morgan fingerprint density at radius 1 is 1.12 bits per heavy atom. The molecule has 2 unspecified atom stereocenters. The van der Waals surface area contributed by atoms with Crippen LogP contribution in [0.4, 0.5) is 5.69 Å². The Labute approximate surface area is 139 Å². The van der Waals surface area contributed by atoms with E-state index >= 15 is 0 Å². The quantitative estimate of drug-likeness (QED) is 0.612. The molecule has 2 atom stereocenters. The van der Waals surface area contributed by atoms with Crippen LogP contribution in [0.2, 0.25) is 0 Å². The summed E-state index contributed by atoms with van der Waals surface area (Å²) in [7, 11) is 4.04. The van der Waals surface area contributed by atoms with Gasteiger partial charge in [-0.15, -0.1) is 0 Å². The first kappa shape index (κ1) is 17.5. The maximum atomic E-state index is 12.3.